The molecular formula is C11H8Br2N2O4. The number of barbiturate groups is 1. The molecule has 4 amide bonds. The van der Waals surface area contributed by atoms with Crippen LogP contribution in [-0.2, 0) is 9.59 Å². The van der Waals surface area contributed by atoms with Crippen LogP contribution in [0.1, 0.15) is 5.76 Å². The van der Waals surface area contributed by atoms with Gasteiger partial charge in [-0.1, -0.05) is 0 Å². The number of rotatable bonds is 1. The molecule has 2 heterocycles. The smallest absolute Gasteiger partial charge is 0.333 e. The number of halogens is 2. The molecule has 0 atom stereocenters. The standard InChI is InChI=1S/C11H8Br2N2O4/c1-14-9(16)6(10(17)15(2)11(14)18)3-5-4-7(12)8(13)19-5/h3-4H,1-2H3. The maximum absolute atomic E-state index is 11.9. The van der Waals surface area contributed by atoms with E-state index in [1.54, 1.807) is 6.07 Å². The molecule has 19 heavy (non-hydrogen) atoms. The van der Waals surface area contributed by atoms with Crippen molar-refractivity contribution in [3.05, 3.63) is 26.5 Å². The lowest BCUT2D eigenvalue weighted by atomic mass is 10.1. The number of nitrogens with zero attached hydrogens (tertiary/aromatic N) is 2. The summed E-state index contributed by atoms with van der Waals surface area (Å²) >= 11 is 6.39. The third-order valence-corrected chi connectivity index (χ3v) is 4.30. The summed E-state index contributed by atoms with van der Waals surface area (Å²) in [7, 11) is 2.63. The van der Waals surface area contributed by atoms with Crippen molar-refractivity contribution in [2.24, 2.45) is 0 Å². The van der Waals surface area contributed by atoms with E-state index in [4.69, 9.17) is 4.42 Å². The first-order chi connectivity index (χ1) is 8.82. The van der Waals surface area contributed by atoms with Gasteiger partial charge in [0.05, 0.1) is 4.47 Å². The number of imide groups is 2. The predicted molar refractivity (Wildman–Crippen MR) is 73.0 cm³/mol. The zero-order valence-corrected chi connectivity index (χ0v) is 13.1. The summed E-state index contributed by atoms with van der Waals surface area (Å²) in [5.74, 6) is -0.986. The summed E-state index contributed by atoms with van der Waals surface area (Å²) in [6.45, 7) is 0. The fourth-order valence-electron chi connectivity index (χ4n) is 1.55. The number of amides is 4. The van der Waals surface area contributed by atoms with Crippen LogP contribution in [0.4, 0.5) is 4.79 Å². The third kappa shape index (κ3) is 2.37. The van der Waals surface area contributed by atoms with E-state index in [1.807, 2.05) is 0 Å². The number of carbonyl (C=O) groups is 3. The molecule has 0 radical (unpaired) electrons. The van der Waals surface area contributed by atoms with Gasteiger partial charge < -0.3 is 4.42 Å². The molecule has 2 rings (SSSR count). The molecule has 6 nitrogen and oxygen atoms in total. The van der Waals surface area contributed by atoms with Crippen LogP contribution in [-0.4, -0.2) is 41.7 Å². The van der Waals surface area contributed by atoms with Gasteiger partial charge >= 0.3 is 6.03 Å². The van der Waals surface area contributed by atoms with Crippen molar-refractivity contribution >= 4 is 55.8 Å². The van der Waals surface area contributed by atoms with Crippen molar-refractivity contribution < 1.29 is 18.8 Å². The Morgan fingerprint density at radius 3 is 2.05 bits per heavy atom. The molecule has 0 bridgehead atoms. The highest BCUT2D eigenvalue weighted by Crippen LogP contribution is 2.28. The molecule has 0 unspecified atom stereocenters. The molecule has 0 aromatic carbocycles. The third-order valence-electron chi connectivity index (χ3n) is 2.59. The monoisotopic (exact) mass is 390 g/mol. The summed E-state index contributed by atoms with van der Waals surface area (Å²) < 4.78 is 6.39. The highest BCUT2D eigenvalue weighted by Gasteiger charge is 2.38. The molecule has 1 aliphatic rings. The zero-order chi connectivity index (χ0) is 14.3. The Hall–Kier alpha value is -1.41. The van der Waals surface area contributed by atoms with Crippen LogP contribution in [0.25, 0.3) is 6.08 Å². The van der Waals surface area contributed by atoms with Crippen LogP contribution in [0, 0.1) is 0 Å². The molecule has 0 N–H and O–H groups in total. The minimum Gasteiger partial charge on any atom is -0.449 e. The Labute approximate surface area is 125 Å². The number of urea groups is 1. The number of hydrogen-bond acceptors (Lipinski definition) is 4. The van der Waals surface area contributed by atoms with E-state index in [-0.39, 0.29) is 5.57 Å². The Balaban J connectivity index is 2.45. The lowest BCUT2D eigenvalue weighted by Crippen LogP contribution is -2.52. The molecule has 1 fully saturated rings. The van der Waals surface area contributed by atoms with E-state index in [0.29, 0.717) is 14.9 Å². The first-order valence-corrected chi connectivity index (χ1v) is 6.68. The normalized spacial score (nSPS) is 16.4. The fraction of sp³-hybridized carbons (Fsp3) is 0.182. The highest BCUT2D eigenvalue weighted by molar-refractivity contribution is 9.13. The van der Waals surface area contributed by atoms with Gasteiger partial charge in [0, 0.05) is 14.1 Å². The van der Waals surface area contributed by atoms with Crippen molar-refractivity contribution in [1.29, 1.82) is 0 Å². The topological polar surface area (TPSA) is 70.8 Å². The molecule has 0 aliphatic carbocycles. The second-order valence-electron chi connectivity index (χ2n) is 3.84. The maximum Gasteiger partial charge on any atom is 0.333 e. The average Bonchev–Trinajstić information content (AvgIpc) is 2.69. The highest BCUT2D eigenvalue weighted by atomic mass is 79.9. The molecule has 1 saturated heterocycles. The molecule has 1 aromatic rings. The summed E-state index contributed by atoms with van der Waals surface area (Å²) in [5, 5.41) is 0. The quantitative estimate of drug-likeness (QED) is 0.543. The first kappa shape index (κ1) is 14.0. The van der Waals surface area contributed by atoms with Gasteiger partial charge in [-0.25, -0.2) is 4.79 Å². The predicted octanol–water partition coefficient (Wildman–Crippen LogP) is 2.24. The van der Waals surface area contributed by atoms with Crippen LogP contribution < -0.4 is 0 Å². The van der Waals surface area contributed by atoms with Crippen molar-refractivity contribution in [2.75, 3.05) is 14.1 Å². The van der Waals surface area contributed by atoms with E-state index in [0.717, 1.165) is 9.80 Å². The van der Waals surface area contributed by atoms with Gasteiger partial charge in [0.25, 0.3) is 11.8 Å². The number of carbonyl (C=O) groups excluding carboxylic acids is 3. The summed E-state index contributed by atoms with van der Waals surface area (Å²) in [6, 6.07) is 0.947. The van der Waals surface area contributed by atoms with Crippen LogP contribution in [0.2, 0.25) is 0 Å². The Kier molecular flexibility index (Phi) is 3.64. The van der Waals surface area contributed by atoms with E-state index in [2.05, 4.69) is 31.9 Å². The van der Waals surface area contributed by atoms with Crippen molar-refractivity contribution in [1.82, 2.24) is 9.80 Å². The van der Waals surface area contributed by atoms with E-state index in [1.165, 1.54) is 20.2 Å². The lowest BCUT2D eigenvalue weighted by molar-refractivity contribution is -0.134. The van der Waals surface area contributed by atoms with Gasteiger partial charge in [-0.2, -0.15) is 0 Å². The van der Waals surface area contributed by atoms with Gasteiger partial charge in [0.2, 0.25) is 0 Å². The molecule has 1 aliphatic heterocycles. The average molecular weight is 392 g/mol. The minimum atomic E-state index is -0.658. The van der Waals surface area contributed by atoms with E-state index >= 15 is 0 Å². The zero-order valence-electron chi connectivity index (χ0n) is 9.94. The molecule has 0 spiro atoms. The van der Waals surface area contributed by atoms with Crippen LogP contribution >= 0.6 is 31.9 Å². The number of hydrogen-bond donors (Lipinski definition) is 0. The summed E-state index contributed by atoms with van der Waals surface area (Å²) in [6.07, 6.45) is 1.31. The summed E-state index contributed by atoms with van der Waals surface area (Å²) in [5.41, 5.74) is -0.127. The Morgan fingerprint density at radius 2 is 1.63 bits per heavy atom. The van der Waals surface area contributed by atoms with Crippen molar-refractivity contribution in [3.8, 4) is 0 Å². The largest absolute Gasteiger partial charge is 0.449 e. The molecule has 8 heteroatoms. The van der Waals surface area contributed by atoms with E-state index in [9.17, 15) is 14.4 Å². The van der Waals surface area contributed by atoms with Crippen LogP contribution in [0.15, 0.2) is 25.2 Å². The first-order valence-electron chi connectivity index (χ1n) is 5.09. The van der Waals surface area contributed by atoms with Gasteiger partial charge in [-0.15, -0.1) is 0 Å². The summed E-state index contributed by atoms with van der Waals surface area (Å²) in [4.78, 5) is 37.1. The number of likely N-dealkylation sites (N-methyl/N-ethyl adjacent to an activating group) is 2. The minimum absolute atomic E-state index is 0.127. The molecular weight excluding hydrogens is 384 g/mol. The fourth-order valence-corrected chi connectivity index (χ4v) is 2.16. The second-order valence-corrected chi connectivity index (χ2v) is 5.41. The van der Waals surface area contributed by atoms with Crippen LogP contribution in [0.3, 0.4) is 0 Å². The Morgan fingerprint density at radius 1 is 1.11 bits per heavy atom. The molecule has 1 aromatic heterocycles. The second kappa shape index (κ2) is 4.93. The van der Waals surface area contributed by atoms with Crippen molar-refractivity contribution in [3.63, 3.8) is 0 Å². The Bertz CT molecular complexity index is 575. The van der Waals surface area contributed by atoms with Gasteiger partial charge in [0.1, 0.15) is 11.3 Å². The van der Waals surface area contributed by atoms with Gasteiger partial charge in [-0.05, 0) is 44.0 Å². The molecule has 0 saturated carbocycles. The number of furan rings is 1. The van der Waals surface area contributed by atoms with Gasteiger partial charge in [-0.3, -0.25) is 19.4 Å². The van der Waals surface area contributed by atoms with Gasteiger partial charge in [0.15, 0.2) is 4.67 Å². The van der Waals surface area contributed by atoms with Crippen LogP contribution in [0.5, 0.6) is 0 Å². The SMILES string of the molecule is CN1C(=O)C(=Cc2cc(Br)c(Br)o2)C(=O)N(C)C1=O. The van der Waals surface area contributed by atoms with Crippen molar-refractivity contribution in [2.45, 2.75) is 0 Å². The lowest BCUT2D eigenvalue weighted by Gasteiger charge is -2.28. The maximum atomic E-state index is 11.9. The van der Waals surface area contributed by atoms with E-state index < -0.39 is 17.8 Å². The molecule has 100 valence electrons.